The van der Waals surface area contributed by atoms with Gasteiger partial charge in [0.1, 0.15) is 0 Å². The van der Waals surface area contributed by atoms with Crippen molar-refractivity contribution in [1.29, 1.82) is 0 Å². The first kappa shape index (κ1) is 12.8. The first-order valence-corrected chi connectivity index (χ1v) is 6.56. The fourth-order valence-electron chi connectivity index (χ4n) is 2.35. The molecule has 17 heavy (non-hydrogen) atoms. The Labute approximate surface area is 104 Å². The number of carbonyl (C=O) groups is 1. The van der Waals surface area contributed by atoms with Crippen LogP contribution in [0.25, 0.3) is 0 Å². The molecule has 2 rings (SSSR count). The van der Waals surface area contributed by atoms with E-state index in [1.807, 2.05) is 11.9 Å². The van der Waals surface area contributed by atoms with Gasteiger partial charge in [0, 0.05) is 26.7 Å². The zero-order valence-electron chi connectivity index (χ0n) is 11.2. The molecule has 0 radical (unpaired) electrons. The van der Waals surface area contributed by atoms with Gasteiger partial charge in [0.2, 0.25) is 5.91 Å². The number of rotatable bonds is 4. The van der Waals surface area contributed by atoms with Gasteiger partial charge in [-0.3, -0.25) is 9.69 Å². The molecule has 1 heterocycles. The zero-order valence-corrected chi connectivity index (χ0v) is 11.2. The number of likely N-dealkylation sites (N-methyl/N-ethyl adjacent to an activating group) is 1. The van der Waals surface area contributed by atoms with Gasteiger partial charge in [0.25, 0.3) is 0 Å². The third kappa shape index (κ3) is 3.96. The Morgan fingerprint density at radius 1 is 1.47 bits per heavy atom. The molecule has 0 aromatic heterocycles. The number of ether oxygens (including phenoxy) is 1. The van der Waals surface area contributed by atoms with Gasteiger partial charge < -0.3 is 9.64 Å². The summed E-state index contributed by atoms with van der Waals surface area (Å²) in [5, 5.41) is 0. The molecule has 1 aliphatic heterocycles. The van der Waals surface area contributed by atoms with Crippen LogP contribution in [0.2, 0.25) is 0 Å². The fraction of sp³-hybridized carbons (Fsp3) is 0.923. The van der Waals surface area contributed by atoms with Crippen molar-refractivity contribution < 1.29 is 9.53 Å². The molecule has 1 saturated heterocycles. The van der Waals surface area contributed by atoms with Crippen molar-refractivity contribution in [2.45, 2.75) is 32.3 Å². The largest absolute Gasteiger partial charge is 0.373 e. The van der Waals surface area contributed by atoms with Crippen molar-refractivity contribution in [2.24, 2.45) is 5.92 Å². The lowest BCUT2D eigenvalue weighted by molar-refractivity contribution is -0.136. The molecule has 1 amide bonds. The van der Waals surface area contributed by atoms with Crippen LogP contribution in [0.4, 0.5) is 0 Å². The summed E-state index contributed by atoms with van der Waals surface area (Å²) in [6, 6.07) is 0. The molecule has 4 nitrogen and oxygen atoms in total. The maximum Gasteiger partial charge on any atom is 0.236 e. The molecule has 4 heteroatoms. The molecule has 0 aromatic rings. The highest BCUT2D eigenvalue weighted by molar-refractivity contribution is 5.78. The molecule has 0 aromatic carbocycles. The Morgan fingerprint density at radius 2 is 2.18 bits per heavy atom. The molecule has 0 bridgehead atoms. The molecular formula is C13H24N2O2. The quantitative estimate of drug-likeness (QED) is 0.734. The van der Waals surface area contributed by atoms with E-state index < -0.39 is 0 Å². The molecule has 0 spiro atoms. The Kier molecular flexibility index (Phi) is 3.73. The van der Waals surface area contributed by atoms with Gasteiger partial charge in [-0.15, -0.1) is 0 Å². The van der Waals surface area contributed by atoms with Crippen LogP contribution in [0.15, 0.2) is 0 Å². The first-order chi connectivity index (χ1) is 7.96. The predicted molar refractivity (Wildman–Crippen MR) is 66.8 cm³/mol. The number of carbonyl (C=O) groups excluding carboxylic acids is 1. The third-order valence-electron chi connectivity index (χ3n) is 3.52. The predicted octanol–water partition coefficient (Wildman–Crippen LogP) is 0.966. The second kappa shape index (κ2) is 4.94. The molecule has 2 aliphatic rings. The van der Waals surface area contributed by atoms with E-state index in [1.165, 1.54) is 12.8 Å². The molecule has 0 unspecified atom stereocenters. The highest BCUT2D eigenvalue weighted by Crippen LogP contribution is 2.29. The van der Waals surface area contributed by atoms with Crippen molar-refractivity contribution >= 4 is 5.91 Å². The summed E-state index contributed by atoms with van der Waals surface area (Å²) in [4.78, 5) is 16.1. The van der Waals surface area contributed by atoms with Crippen molar-refractivity contribution in [1.82, 2.24) is 9.80 Å². The highest BCUT2D eigenvalue weighted by Gasteiger charge is 2.30. The molecule has 0 N–H and O–H groups in total. The molecule has 1 aliphatic carbocycles. The van der Waals surface area contributed by atoms with Gasteiger partial charge in [-0.25, -0.2) is 0 Å². The van der Waals surface area contributed by atoms with Crippen LogP contribution >= 0.6 is 0 Å². The lowest BCUT2D eigenvalue weighted by Gasteiger charge is -2.38. The smallest absolute Gasteiger partial charge is 0.236 e. The van der Waals surface area contributed by atoms with Gasteiger partial charge in [-0.1, -0.05) is 0 Å². The minimum atomic E-state index is -0.117. The van der Waals surface area contributed by atoms with E-state index in [9.17, 15) is 4.79 Å². The Hall–Kier alpha value is -0.610. The summed E-state index contributed by atoms with van der Waals surface area (Å²) >= 11 is 0. The maximum absolute atomic E-state index is 12.0. The number of nitrogens with zero attached hydrogens (tertiary/aromatic N) is 2. The zero-order chi connectivity index (χ0) is 12.5. The lowest BCUT2D eigenvalue weighted by Crippen LogP contribution is -2.51. The number of hydrogen-bond donors (Lipinski definition) is 0. The molecular weight excluding hydrogens is 216 g/mol. The number of amides is 1. The van der Waals surface area contributed by atoms with Crippen LogP contribution in [0, 0.1) is 5.92 Å². The second-order valence-corrected chi connectivity index (χ2v) is 6.04. The monoisotopic (exact) mass is 240 g/mol. The summed E-state index contributed by atoms with van der Waals surface area (Å²) < 4.78 is 5.65. The lowest BCUT2D eigenvalue weighted by atomic mass is 10.1. The first-order valence-electron chi connectivity index (χ1n) is 6.56. The average molecular weight is 240 g/mol. The number of hydrogen-bond acceptors (Lipinski definition) is 3. The van der Waals surface area contributed by atoms with Crippen LogP contribution in [-0.2, 0) is 9.53 Å². The second-order valence-electron chi connectivity index (χ2n) is 6.04. The molecule has 2 fully saturated rings. The van der Waals surface area contributed by atoms with Crippen molar-refractivity contribution in [2.75, 3.05) is 39.8 Å². The van der Waals surface area contributed by atoms with Crippen LogP contribution in [0.5, 0.6) is 0 Å². The van der Waals surface area contributed by atoms with Crippen LogP contribution in [-0.4, -0.2) is 61.1 Å². The maximum atomic E-state index is 12.0. The Balaban J connectivity index is 1.76. The average Bonchev–Trinajstić information content (AvgIpc) is 2.99. The van der Waals surface area contributed by atoms with Gasteiger partial charge in [0.05, 0.1) is 18.8 Å². The fourth-order valence-corrected chi connectivity index (χ4v) is 2.35. The summed E-state index contributed by atoms with van der Waals surface area (Å²) in [7, 11) is 1.92. The van der Waals surface area contributed by atoms with E-state index in [0.29, 0.717) is 6.54 Å². The summed E-state index contributed by atoms with van der Waals surface area (Å²) in [5.41, 5.74) is -0.117. The normalized spacial score (nSPS) is 24.6. The van der Waals surface area contributed by atoms with Gasteiger partial charge in [-0.05, 0) is 32.6 Å². The van der Waals surface area contributed by atoms with E-state index in [2.05, 4.69) is 18.7 Å². The van der Waals surface area contributed by atoms with Crippen molar-refractivity contribution in [3.8, 4) is 0 Å². The van der Waals surface area contributed by atoms with E-state index >= 15 is 0 Å². The minimum Gasteiger partial charge on any atom is -0.373 e. The summed E-state index contributed by atoms with van der Waals surface area (Å²) in [6.45, 7) is 8.08. The van der Waals surface area contributed by atoms with Gasteiger partial charge in [-0.2, -0.15) is 0 Å². The van der Waals surface area contributed by atoms with Crippen LogP contribution in [0.3, 0.4) is 0 Å². The van der Waals surface area contributed by atoms with Gasteiger partial charge in [0.15, 0.2) is 0 Å². The van der Waals surface area contributed by atoms with E-state index in [4.69, 9.17) is 4.74 Å². The van der Waals surface area contributed by atoms with Crippen molar-refractivity contribution in [3.05, 3.63) is 0 Å². The Morgan fingerprint density at radius 3 is 2.76 bits per heavy atom. The Bertz CT molecular complexity index is 287. The van der Waals surface area contributed by atoms with Crippen LogP contribution < -0.4 is 0 Å². The molecule has 1 saturated carbocycles. The SMILES string of the molecule is CN(CC1CC1)C(=O)CN1CCOC(C)(C)C1. The van der Waals surface area contributed by atoms with Crippen LogP contribution in [0.1, 0.15) is 26.7 Å². The van der Waals surface area contributed by atoms with E-state index in [-0.39, 0.29) is 11.5 Å². The van der Waals surface area contributed by atoms with E-state index in [0.717, 1.165) is 32.2 Å². The topological polar surface area (TPSA) is 32.8 Å². The number of morpholine rings is 1. The highest BCUT2D eigenvalue weighted by atomic mass is 16.5. The third-order valence-corrected chi connectivity index (χ3v) is 3.52. The van der Waals surface area contributed by atoms with E-state index in [1.54, 1.807) is 0 Å². The summed E-state index contributed by atoms with van der Waals surface area (Å²) in [6.07, 6.45) is 2.59. The standard InChI is InChI=1S/C13H24N2O2/c1-13(2)10-15(6-7-17-13)9-12(16)14(3)8-11-4-5-11/h11H,4-10H2,1-3H3. The van der Waals surface area contributed by atoms with Crippen molar-refractivity contribution in [3.63, 3.8) is 0 Å². The minimum absolute atomic E-state index is 0.117. The molecule has 98 valence electrons. The molecule has 0 atom stereocenters. The summed E-state index contributed by atoms with van der Waals surface area (Å²) in [5.74, 6) is 1.01. The van der Waals surface area contributed by atoms with Gasteiger partial charge >= 0.3 is 0 Å².